The summed E-state index contributed by atoms with van der Waals surface area (Å²) in [5.41, 5.74) is 2.08. The molecule has 0 fully saturated rings. The highest BCUT2D eigenvalue weighted by Gasteiger charge is 2.20. The van der Waals surface area contributed by atoms with E-state index in [1.165, 1.54) is 0 Å². The lowest BCUT2D eigenvalue weighted by Crippen LogP contribution is -2.38. The summed E-state index contributed by atoms with van der Waals surface area (Å²) in [6, 6.07) is 7.97. The fourth-order valence-electron chi connectivity index (χ4n) is 1.89. The maximum Gasteiger partial charge on any atom is 0.227 e. The standard InChI is InChI=1S/C12H16N2O/c1-2-5-12(15)14-9-8-13-10-6-3-4-7-11(10)14/h3-4,6-7,13H,2,5,8-9H2,1H3. The Morgan fingerprint density at radius 3 is 3.07 bits per heavy atom. The number of rotatable bonds is 2. The molecule has 15 heavy (non-hydrogen) atoms. The van der Waals surface area contributed by atoms with Gasteiger partial charge in [0.15, 0.2) is 0 Å². The second-order valence-electron chi connectivity index (χ2n) is 3.74. The Kier molecular flexibility index (Phi) is 2.90. The Bertz CT molecular complexity index is 362. The Morgan fingerprint density at radius 2 is 2.27 bits per heavy atom. The van der Waals surface area contributed by atoms with Crippen molar-refractivity contribution in [3.05, 3.63) is 24.3 Å². The first-order valence-electron chi connectivity index (χ1n) is 5.46. The molecule has 1 aliphatic heterocycles. The van der Waals surface area contributed by atoms with Gasteiger partial charge in [-0.05, 0) is 18.6 Å². The summed E-state index contributed by atoms with van der Waals surface area (Å²) in [5, 5.41) is 3.30. The van der Waals surface area contributed by atoms with Crippen LogP contribution < -0.4 is 10.2 Å². The number of carbonyl (C=O) groups excluding carboxylic acids is 1. The molecule has 0 saturated heterocycles. The van der Waals surface area contributed by atoms with Crippen molar-refractivity contribution in [3.63, 3.8) is 0 Å². The van der Waals surface area contributed by atoms with Crippen LogP contribution in [0.25, 0.3) is 0 Å². The van der Waals surface area contributed by atoms with Crippen molar-refractivity contribution in [3.8, 4) is 0 Å². The Labute approximate surface area is 90.1 Å². The van der Waals surface area contributed by atoms with E-state index in [0.717, 1.165) is 30.9 Å². The van der Waals surface area contributed by atoms with Gasteiger partial charge in [-0.25, -0.2) is 0 Å². The monoisotopic (exact) mass is 204 g/mol. The van der Waals surface area contributed by atoms with Gasteiger partial charge in [0.1, 0.15) is 0 Å². The Morgan fingerprint density at radius 1 is 1.47 bits per heavy atom. The highest BCUT2D eigenvalue weighted by atomic mass is 16.2. The summed E-state index contributed by atoms with van der Waals surface area (Å²) in [7, 11) is 0. The van der Waals surface area contributed by atoms with Crippen LogP contribution in [0.1, 0.15) is 19.8 Å². The zero-order valence-corrected chi connectivity index (χ0v) is 8.99. The molecule has 0 spiro atoms. The van der Waals surface area contributed by atoms with Gasteiger partial charge in [0, 0.05) is 19.5 Å². The molecule has 0 radical (unpaired) electrons. The molecular weight excluding hydrogens is 188 g/mol. The second kappa shape index (κ2) is 4.34. The third kappa shape index (κ3) is 1.96. The van der Waals surface area contributed by atoms with Gasteiger partial charge in [0.2, 0.25) is 5.91 Å². The maximum atomic E-state index is 11.9. The lowest BCUT2D eigenvalue weighted by Gasteiger charge is -2.30. The van der Waals surface area contributed by atoms with Crippen LogP contribution in [0.3, 0.4) is 0 Å². The molecule has 0 bridgehead atoms. The highest BCUT2D eigenvalue weighted by molar-refractivity contribution is 5.97. The average molecular weight is 204 g/mol. The van der Waals surface area contributed by atoms with Gasteiger partial charge >= 0.3 is 0 Å². The zero-order chi connectivity index (χ0) is 10.7. The number of anilines is 2. The molecule has 1 N–H and O–H groups in total. The summed E-state index contributed by atoms with van der Waals surface area (Å²) in [5.74, 6) is 0.228. The number of fused-ring (bicyclic) bond motifs is 1. The molecule has 1 aromatic rings. The number of benzene rings is 1. The highest BCUT2D eigenvalue weighted by Crippen LogP contribution is 2.28. The maximum absolute atomic E-state index is 11.9. The molecule has 80 valence electrons. The largest absolute Gasteiger partial charge is 0.382 e. The first-order valence-corrected chi connectivity index (χ1v) is 5.46. The molecule has 0 atom stereocenters. The third-order valence-corrected chi connectivity index (χ3v) is 2.61. The molecule has 0 aromatic heterocycles. The molecule has 1 heterocycles. The summed E-state index contributed by atoms with van der Waals surface area (Å²) in [6.07, 6.45) is 1.54. The van der Waals surface area contributed by atoms with Gasteiger partial charge in [0.05, 0.1) is 11.4 Å². The van der Waals surface area contributed by atoms with Gasteiger partial charge in [-0.1, -0.05) is 19.1 Å². The van der Waals surface area contributed by atoms with E-state index in [1.54, 1.807) is 0 Å². The Hall–Kier alpha value is -1.51. The van der Waals surface area contributed by atoms with Crippen molar-refractivity contribution >= 4 is 17.3 Å². The quantitative estimate of drug-likeness (QED) is 0.801. The Balaban J connectivity index is 2.25. The molecule has 0 saturated carbocycles. The average Bonchev–Trinajstić information content (AvgIpc) is 2.28. The van der Waals surface area contributed by atoms with E-state index in [-0.39, 0.29) is 5.91 Å². The van der Waals surface area contributed by atoms with Crippen LogP contribution in [-0.4, -0.2) is 19.0 Å². The van der Waals surface area contributed by atoms with Gasteiger partial charge in [-0.2, -0.15) is 0 Å². The minimum atomic E-state index is 0.228. The van der Waals surface area contributed by atoms with E-state index in [0.29, 0.717) is 6.42 Å². The predicted octanol–water partition coefficient (Wildman–Crippen LogP) is 2.25. The van der Waals surface area contributed by atoms with Crippen molar-refractivity contribution in [2.75, 3.05) is 23.3 Å². The van der Waals surface area contributed by atoms with Crippen LogP contribution in [-0.2, 0) is 4.79 Å². The molecule has 3 nitrogen and oxygen atoms in total. The molecule has 0 aliphatic carbocycles. The van der Waals surface area contributed by atoms with Crippen LogP contribution >= 0.6 is 0 Å². The van der Waals surface area contributed by atoms with Crippen molar-refractivity contribution in [2.24, 2.45) is 0 Å². The van der Waals surface area contributed by atoms with Crippen molar-refractivity contribution in [2.45, 2.75) is 19.8 Å². The SMILES string of the molecule is CCCC(=O)N1CCNc2ccccc21. The van der Waals surface area contributed by atoms with E-state index < -0.39 is 0 Å². The molecule has 1 amide bonds. The van der Waals surface area contributed by atoms with Gasteiger partial charge in [0.25, 0.3) is 0 Å². The first-order chi connectivity index (χ1) is 7.33. The zero-order valence-electron chi connectivity index (χ0n) is 8.99. The summed E-state index contributed by atoms with van der Waals surface area (Å²) in [4.78, 5) is 13.7. The number of amides is 1. The molecule has 3 heteroatoms. The van der Waals surface area contributed by atoms with Crippen LogP contribution in [0.2, 0.25) is 0 Å². The lowest BCUT2D eigenvalue weighted by atomic mass is 10.2. The summed E-state index contributed by atoms with van der Waals surface area (Å²) >= 11 is 0. The number of hydrogen-bond donors (Lipinski definition) is 1. The fraction of sp³-hybridized carbons (Fsp3) is 0.417. The minimum Gasteiger partial charge on any atom is -0.382 e. The molecule has 0 unspecified atom stereocenters. The number of nitrogens with one attached hydrogen (secondary N) is 1. The molecule has 1 aromatic carbocycles. The van der Waals surface area contributed by atoms with Crippen LogP contribution in [0.15, 0.2) is 24.3 Å². The number of para-hydroxylation sites is 2. The van der Waals surface area contributed by atoms with Crippen molar-refractivity contribution in [1.29, 1.82) is 0 Å². The lowest BCUT2D eigenvalue weighted by molar-refractivity contribution is -0.118. The molecule has 1 aliphatic rings. The fourth-order valence-corrected chi connectivity index (χ4v) is 1.89. The van der Waals surface area contributed by atoms with Crippen LogP contribution in [0, 0.1) is 0 Å². The van der Waals surface area contributed by atoms with Crippen molar-refractivity contribution < 1.29 is 4.79 Å². The molecular formula is C12H16N2O. The van der Waals surface area contributed by atoms with E-state index in [9.17, 15) is 4.79 Å². The van der Waals surface area contributed by atoms with E-state index >= 15 is 0 Å². The molecule has 2 rings (SSSR count). The normalized spacial score (nSPS) is 14.3. The van der Waals surface area contributed by atoms with E-state index in [1.807, 2.05) is 36.1 Å². The summed E-state index contributed by atoms with van der Waals surface area (Å²) < 4.78 is 0. The van der Waals surface area contributed by atoms with Gasteiger partial charge in [-0.15, -0.1) is 0 Å². The van der Waals surface area contributed by atoms with E-state index in [2.05, 4.69) is 5.32 Å². The summed E-state index contributed by atoms with van der Waals surface area (Å²) in [6.45, 7) is 3.65. The van der Waals surface area contributed by atoms with Crippen molar-refractivity contribution in [1.82, 2.24) is 0 Å². The van der Waals surface area contributed by atoms with Crippen LogP contribution in [0.4, 0.5) is 11.4 Å². The predicted molar refractivity (Wildman–Crippen MR) is 62.2 cm³/mol. The number of hydrogen-bond acceptors (Lipinski definition) is 2. The third-order valence-electron chi connectivity index (χ3n) is 2.61. The van der Waals surface area contributed by atoms with E-state index in [4.69, 9.17) is 0 Å². The van der Waals surface area contributed by atoms with Gasteiger partial charge < -0.3 is 10.2 Å². The number of nitrogens with zero attached hydrogens (tertiary/aromatic N) is 1. The van der Waals surface area contributed by atoms with Gasteiger partial charge in [-0.3, -0.25) is 4.79 Å². The van der Waals surface area contributed by atoms with Crippen LogP contribution in [0.5, 0.6) is 0 Å². The second-order valence-corrected chi connectivity index (χ2v) is 3.74. The topological polar surface area (TPSA) is 32.3 Å². The first kappa shape index (κ1) is 10.0. The minimum absolute atomic E-state index is 0.228. The smallest absolute Gasteiger partial charge is 0.227 e. The number of carbonyl (C=O) groups is 1.